The zero-order chi connectivity index (χ0) is 8.85. The summed E-state index contributed by atoms with van der Waals surface area (Å²) in [5.74, 6) is 0.0177. The van der Waals surface area contributed by atoms with Crippen LogP contribution in [0.4, 0.5) is 8.78 Å². The summed E-state index contributed by atoms with van der Waals surface area (Å²) in [4.78, 5) is 0. The molecular formula is C5H6BrClF2N2. The van der Waals surface area contributed by atoms with Crippen LogP contribution in [0, 0.1) is 5.41 Å². The van der Waals surface area contributed by atoms with E-state index in [4.69, 9.17) is 17.0 Å². The third-order valence-electron chi connectivity index (χ3n) is 0.836. The molecule has 0 radical (unpaired) electrons. The number of alkyl halides is 3. The molecule has 0 heterocycles. The second-order valence-electron chi connectivity index (χ2n) is 1.56. The van der Waals surface area contributed by atoms with Crippen LogP contribution >= 0.6 is 27.5 Å². The fourth-order valence-electron chi connectivity index (χ4n) is 0.349. The van der Waals surface area contributed by atoms with Gasteiger partial charge < -0.3 is 10.7 Å². The van der Waals surface area contributed by atoms with E-state index in [1.165, 1.54) is 0 Å². The van der Waals surface area contributed by atoms with Crippen molar-refractivity contribution >= 4 is 33.7 Å². The normalized spacial score (nSPS) is 12.8. The first-order chi connectivity index (χ1) is 5.11. The monoisotopic (exact) mass is 246 g/mol. The van der Waals surface area contributed by atoms with Gasteiger partial charge in [-0.3, -0.25) is 0 Å². The molecule has 0 unspecified atom stereocenters. The lowest BCUT2D eigenvalue weighted by molar-refractivity contribution is 0.124. The molecule has 0 aromatic heterocycles. The van der Waals surface area contributed by atoms with Crippen molar-refractivity contribution in [3.8, 4) is 0 Å². The van der Waals surface area contributed by atoms with Gasteiger partial charge in [-0.05, 0) is 15.9 Å². The topological polar surface area (TPSA) is 35.9 Å². The maximum atomic E-state index is 11.6. The molecule has 0 aromatic rings. The number of hydrogen-bond donors (Lipinski definition) is 2. The van der Waals surface area contributed by atoms with Crippen LogP contribution in [0.2, 0.25) is 0 Å². The fraction of sp³-hybridized carbons (Fsp3) is 0.400. The lowest BCUT2D eigenvalue weighted by Gasteiger charge is -2.04. The Labute approximate surface area is 76.2 Å². The smallest absolute Gasteiger partial charge is 0.313 e. The number of hydrogen-bond acceptors (Lipinski definition) is 2. The lowest BCUT2D eigenvalue weighted by atomic mass is 10.4. The summed E-state index contributed by atoms with van der Waals surface area (Å²) in [6, 6.07) is 0. The van der Waals surface area contributed by atoms with Gasteiger partial charge in [0.2, 0.25) is 0 Å². The molecule has 0 aliphatic rings. The molecule has 0 spiro atoms. The number of nitrogens with one attached hydrogen (secondary N) is 2. The van der Waals surface area contributed by atoms with E-state index in [0.29, 0.717) is 0 Å². The second kappa shape index (κ2) is 5.49. The first-order valence-electron chi connectivity index (χ1n) is 2.61. The largest absolute Gasteiger partial charge is 0.324 e. The van der Waals surface area contributed by atoms with Crippen LogP contribution in [0.15, 0.2) is 10.2 Å². The summed E-state index contributed by atoms with van der Waals surface area (Å²) in [6.07, 6.45) is 0.909. The molecule has 0 fully saturated rings. The third kappa shape index (κ3) is 4.31. The van der Waals surface area contributed by atoms with E-state index in [0.717, 1.165) is 6.21 Å². The summed E-state index contributed by atoms with van der Waals surface area (Å²) >= 11 is 8.14. The predicted molar refractivity (Wildman–Crippen MR) is 44.6 cm³/mol. The highest BCUT2D eigenvalue weighted by molar-refractivity contribution is 9.11. The minimum absolute atomic E-state index is 0.0177. The van der Waals surface area contributed by atoms with Gasteiger partial charge in [0.15, 0.2) is 0 Å². The van der Waals surface area contributed by atoms with Gasteiger partial charge in [-0.25, -0.2) is 0 Å². The Morgan fingerprint density at radius 3 is 2.55 bits per heavy atom. The van der Waals surface area contributed by atoms with Crippen molar-refractivity contribution in [2.45, 2.75) is 6.55 Å². The molecule has 0 aromatic carbocycles. The van der Waals surface area contributed by atoms with Crippen molar-refractivity contribution in [2.24, 2.45) is 0 Å². The molecule has 64 valence electrons. The molecule has 0 aliphatic heterocycles. The van der Waals surface area contributed by atoms with Crippen molar-refractivity contribution < 1.29 is 8.78 Å². The zero-order valence-corrected chi connectivity index (χ0v) is 7.72. The summed E-state index contributed by atoms with van der Waals surface area (Å²) < 4.78 is 23.3. The van der Waals surface area contributed by atoms with E-state index < -0.39 is 6.55 Å². The van der Waals surface area contributed by atoms with Gasteiger partial charge in [0.05, 0.1) is 10.5 Å². The maximum absolute atomic E-state index is 11.6. The van der Waals surface area contributed by atoms with Crippen LogP contribution in [-0.2, 0) is 0 Å². The van der Waals surface area contributed by atoms with Gasteiger partial charge >= 0.3 is 6.55 Å². The SMILES string of the molecule is N=C/C(CCl)=C(/Br)NC(F)F. The third-order valence-corrected chi connectivity index (χ3v) is 1.86. The van der Waals surface area contributed by atoms with Crippen molar-refractivity contribution in [2.75, 3.05) is 5.88 Å². The van der Waals surface area contributed by atoms with Gasteiger partial charge in [0, 0.05) is 11.8 Å². The Hall–Kier alpha value is -0.160. The van der Waals surface area contributed by atoms with E-state index in [1.807, 2.05) is 0 Å². The summed E-state index contributed by atoms with van der Waals surface area (Å²) in [5.41, 5.74) is 0.284. The Balaban J connectivity index is 4.23. The highest BCUT2D eigenvalue weighted by atomic mass is 79.9. The minimum atomic E-state index is -2.65. The lowest BCUT2D eigenvalue weighted by Crippen LogP contribution is -2.18. The molecular weight excluding hydrogens is 241 g/mol. The Morgan fingerprint density at radius 1 is 1.73 bits per heavy atom. The molecule has 0 saturated carbocycles. The predicted octanol–water partition coefficient (Wildman–Crippen LogP) is 2.29. The highest BCUT2D eigenvalue weighted by Gasteiger charge is 2.05. The van der Waals surface area contributed by atoms with Crippen LogP contribution in [0.25, 0.3) is 0 Å². The summed E-state index contributed by atoms with van der Waals surface area (Å²) in [5, 5.41) is 8.52. The standard InChI is InChI=1S/C5H6BrClF2N2/c6-4(11-5(8)9)3(1-7)2-10/h2,5,10-11H,1H2/b4-3-,10-2?. The van der Waals surface area contributed by atoms with Crippen molar-refractivity contribution in [1.29, 1.82) is 5.41 Å². The summed E-state index contributed by atoms with van der Waals surface area (Å²) in [6.45, 7) is -2.65. The number of halogens is 4. The molecule has 2 nitrogen and oxygen atoms in total. The van der Waals surface area contributed by atoms with Crippen LogP contribution in [0.5, 0.6) is 0 Å². The average Bonchev–Trinajstić information content (AvgIpc) is 1.88. The Kier molecular flexibility index (Phi) is 5.41. The van der Waals surface area contributed by atoms with E-state index in [2.05, 4.69) is 15.9 Å². The fourth-order valence-corrected chi connectivity index (χ4v) is 1.15. The minimum Gasteiger partial charge on any atom is -0.324 e. The molecule has 11 heavy (non-hydrogen) atoms. The van der Waals surface area contributed by atoms with Crippen LogP contribution in [0.3, 0.4) is 0 Å². The van der Waals surface area contributed by atoms with E-state index >= 15 is 0 Å². The quantitative estimate of drug-likeness (QED) is 0.446. The molecule has 0 aliphatic carbocycles. The number of allylic oxidation sites excluding steroid dienone is 1. The molecule has 0 rings (SSSR count). The maximum Gasteiger partial charge on any atom is 0.313 e. The first-order valence-corrected chi connectivity index (χ1v) is 3.94. The first kappa shape index (κ1) is 10.8. The van der Waals surface area contributed by atoms with Gasteiger partial charge in [0.25, 0.3) is 0 Å². The van der Waals surface area contributed by atoms with Crippen molar-refractivity contribution in [1.82, 2.24) is 5.32 Å². The van der Waals surface area contributed by atoms with Crippen molar-refractivity contribution in [3.63, 3.8) is 0 Å². The highest BCUT2D eigenvalue weighted by Crippen LogP contribution is 2.10. The van der Waals surface area contributed by atoms with E-state index in [9.17, 15) is 8.78 Å². The van der Waals surface area contributed by atoms with Crippen LogP contribution in [0.1, 0.15) is 0 Å². The molecule has 0 bridgehead atoms. The van der Waals surface area contributed by atoms with Gasteiger partial charge in [0.1, 0.15) is 0 Å². The zero-order valence-electron chi connectivity index (χ0n) is 5.37. The number of rotatable bonds is 4. The van der Waals surface area contributed by atoms with Crippen LogP contribution < -0.4 is 5.32 Å². The van der Waals surface area contributed by atoms with E-state index in [-0.39, 0.29) is 16.1 Å². The summed E-state index contributed by atoms with van der Waals surface area (Å²) in [7, 11) is 0. The molecule has 0 saturated heterocycles. The molecule has 0 amide bonds. The Bertz CT molecular complexity index is 172. The second-order valence-corrected chi connectivity index (χ2v) is 2.62. The van der Waals surface area contributed by atoms with Gasteiger partial charge in [-0.15, -0.1) is 11.6 Å². The van der Waals surface area contributed by atoms with Crippen molar-refractivity contribution in [3.05, 3.63) is 10.2 Å². The molecule has 6 heteroatoms. The van der Waals surface area contributed by atoms with Crippen LogP contribution in [-0.4, -0.2) is 18.6 Å². The molecule has 0 atom stereocenters. The molecule has 2 N–H and O–H groups in total. The van der Waals surface area contributed by atoms with Gasteiger partial charge in [-0.1, -0.05) is 0 Å². The average molecular weight is 247 g/mol. The Morgan fingerprint density at radius 2 is 2.27 bits per heavy atom. The van der Waals surface area contributed by atoms with E-state index in [1.54, 1.807) is 5.32 Å². The van der Waals surface area contributed by atoms with Gasteiger partial charge in [-0.2, -0.15) is 8.78 Å².